The molecule has 0 spiro atoms. The number of rotatable bonds is 3. The molecular weight excluding hydrogens is 313 g/mol. The van der Waals surface area contributed by atoms with Gasteiger partial charge in [-0.1, -0.05) is 29.7 Å². The fourth-order valence-corrected chi connectivity index (χ4v) is 2.92. The van der Waals surface area contributed by atoms with Crippen LogP contribution in [0.15, 0.2) is 48.9 Å². The third-order valence-corrected chi connectivity index (χ3v) is 4.05. The number of aryl methyl sites for hydroxylation is 1. The number of imidazole rings is 1. The van der Waals surface area contributed by atoms with Crippen LogP contribution in [0.5, 0.6) is 0 Å². The van der Waals surface area contributed by atoms with Crippen molar-refractivity contribution in [3.05, 3.63) is 82.4 Å². The second kappa shape index (κ2) is 5.86. The van der Waals surface area contributed by atoms with Crippen LogP contribution in [0.1, 0.15) is 22.5 Å². The Morgan fingerprint density at radius 2 is 1.91 bits per heavy atom. The molecule has 0 radical (unpaired) electrons. The Morgan fingerprint density at radius 3 is 2.48 bits per heavy atom. The Balaban J connectivity index is 2.35. The zero-order valence-electron chi connectivity index (χ0n) is 12.3. The maximum absolute atomic E-state index is 13.4. The Bertz CT molecular complexity index is 880. The van der Waals surface area contributed by atoms with Crippen LogP contribution in [0.2, 0.25) is 5.15 Å². The molecule has 0 saturated heterocycles. The van der Waals surface area contributed by atoms with Gasteiger partial charge in [-0.3, -0.25) is 0 Å². The second-order valence-electron chi connectivity index (χ2n) is 5.14. The summed E-state index contributed by atoms with van der Waals surface area (Å²) in [6.07, 6.45) is 9.14. The van der Waals surface area contributed by atoms with Crippen molar-refractivity contribution in [1.82, 2.24) is 15.0 Å². The van der Waals surface area contributed by atoms with Crippen LogP contribution < -0.4 is 0 Å². The number of H-pyrrole nitrogens is 1. The van der Waals surface area contributed by atoms with E-state index in [1.165, 1.54) is 12.1 Å². The summed E-state index contributed by atoms with van der Waals surface area (Å²) < 4.78 is 13.4. The number of benzene rings is 1. The lowest BCUT2D eigenvalue weighted by atomic mass is 9.72. The number of halogens is 2. The molecule has 23 heavy (non-hydrogen) atoms. The third-order valence-electron chi connectivity index (χ3n) is 3.84. The van der Waals surface area contributed by atoms with Crippen LogP contribution in [-0.2, 0) is 5.41 Å². The smallest absolute Gasteiger partial charge is 0.129 e. The van der Waals surface area contributed by atoms with E-state index in [1.54, 1.807) is 36.8 Å². The predicted molar refractivity (Wildman–Crippen MR) is 87.7 cm³/mol. The van der Waals surface area contributed by atoms with Crippen LogP contribution in [-0.4, -0.2) is 15.0 Å². The average Bonchev–Trinajstić information content (AvgIpc) is 2.97. The summed E-state index contributed by atoms with van der Waals surface area (Å²) >= 11 is 6.05. The minimum absolute atomic E-state index is 0.328. The van der Waals surface area contributed by atoms with Crippen molar-refractivity contribution < 1.29 is 4.39 Å². The lowest BCUT2D eigenvalue weighted by Gasteiger charge is -2.29. The van der Waals surface area contributed by atoms with E-state index in [0.717, 1.165) is 16.8 Å². The Morgan fingerprint density at radius 1 is 1.17 bits per heavy atom. The van der Waals surface area contributed by atoms with E-state index in [4.69, 9.17) is 18.0 Å². The van der Waals surface area contributed by atoms with Gasteiger partial charge < -0.3 is 4.98 Å². The summed E-state index contributed by atoms with van der Waals surface area (Å²) in [4.78, 5) is 11.5. The lowest BCUT2D eigenvalue weighted by Crippen LogP contribution is -2.29. The standard InChI is InChI=1S/C18H13ClFN3/c1-3-18(17-12(2)22-11-23-17,13-4-6-15(20)7-5-13)14-8-9-21-16(19)10-14/h1,4-11H,2H3,(H,22,23). The number of hydrogen-bond acceptors (Lipinski definition) is 2. The molecule has 3 nitrogen and oxygen atoms in total. The third kappa shape index (κ3) is 2.49. The molecule has 114 valence electrons. The van der Waals surface area contributed by atoms with Gasteiger partial charge in [-0.2, -0.15) is 0 Å². The summed E-state index contributed by atoms with van der Waals surface area (Å²) in [5, 5.41) is 0.331. The summed E-state index contributed by atoms with van der Waals surface area (Å²) in [6, 6.07) is 9.59. The van der Waals surface area contributed by atoms with Crippen molar-refractivity contribution >= 4 is 11.6 Å². The Kier molecular flexibility index (Phi) is 3.89. The minimum Gasteiger partial charge on any atom is -0.348 e. The number of nitrogens with one attached hydrogen (secondary N) is 1. The molecule has 3 rings (SSSR count). The normalized spacial score (nSPS) is 13.3. The van der Waals surface area contributed by atoms with Gasteiger partial charge in [-0.05, 0) is 42.3 Å². The van der Waals surface area contributed by atoms with Gasteiger partial charge in [0.2, 0.25) is 0 Å². The van der Waals surface area contributed by atoms with E-state index < -0.39 is 5.41 Å². The zero-order chi connectivity index (χ0) is 16.4. The maximum atomic E-state index is 13.4. The quantitative estimate of drug-likeness (QED) is 0.586. The zero-order valence-corrected chi connectivity index (χ0v) is 13.1. The van der Waals surface area contributed by atoms with E-state index in [1.807, 2.05) is 6.92 Å². The van der Waals surface area contributed by atoms with Crippen LogP contribution in [0, 0.1) is 25.1 Å². The molecule has 0 fully saturated rings. The Hall–Kier alpha value is -2.64. The number of pyridine rings is 1. The molecule has 2 heterocycles. The summed E-state index contributed by atoms with van der Waals surface area (Å²) in [5.41, 5.74) is 2.01. The lowest BCUT2D eigenvalue weighted by molar-refractivity contribution is 0.625. The highest BCUT2D eigenvalue weighted by molar-refractivity contribution is 6.29. The number of nitrogens with zero attached hydrogens (tertiary/aromatic N) is 2. The van der Waals surface area contributed by atoms with Crippen molar-refractivity contribution in [2.24, 2.45) is 0 Å². The molecule has 0 aliphatic carbocycles. The second-order valence-corrected chi connectivity index (χ2v) is 5.53. The van der Waals surface area contributed by atoms with Crippen LogP contribution in [0.3, 0.4) is 0 Å². The molecule has 1 aromatic carbocycles. The molecule has 0 aliphatic rings. The number of aromatic amines is 1. The summed E-state index contributed by atoms with van der Waals surface area (Å²) in [7, 11) is 0. The summed E-state index contributed by atoms with van der Waals surface area (Å²) in [6.45, 7) is 1.89. The molecule has 0 amide bonds. The van der Waals surface area contributed by atoms with Gasteiger partial charge in [0.05, 0.1) is 12.0 Å². The van der Waals surface area contributed by atoms with Gasteiger partial charge in [0, 0.05) is 11.9 Å². The van der Waals surface area contributed by atoms with Crippen molar-refractivity contribution in [3.8, 4) is 12.3 Å². The van der Waals surface area contributed by atoms with Crippen LogP contribution in [0.4, 0.5) is 4.39 Å². The predicted octanol–water partition coefficient (Wildman–Crippen LogP) is 3.87. The highest BCUT2D eigenvalue weighted by Crippen LogP contribution is 2.39. The molecule has 0 aliphatic heterocycles. The molecule has 1 atom stereocenters. The molecule has 0 saturated carbocycles. The monoisotopic (exact) mass is 325 g/mol. The van der Waals surface area contributed by atoms with Gasteiger partial charge in [0.1, 0.15) is 16.4 Å². The van der Waals surface area contributed by atoms with Gasteiger partial charge >= 0.3 is 0 Å². The fourth-order valence-electron chi connectivity index (χ4n) is 2.75. The minimum atomic E-state index is -0.982. The molecule has 1 unspecified atom stereocenters. The number of aromatic nitrogens is 3. The van der Waals surface area contributed by atoms with Crippen LogP contribution >= 0.6 is 11.6 Å². The van der Waals surface area contributed by atoms with Crippen molar-refractivity contribution in [1.29, 1.82) is 0 Å². The van der Waals surface area contributed by atoms with Gasteiger partial charge in [0.15, 0.2) is 0 Å². The van der Waals surface area contributed by atoms with Crippen molar-refractivity contribution in [2.75, 3.05) is 0 Å². The molecule has 0 bridgehead atoms. The number of hydrogen-bond donors (Lipinski definition) is 1. The van der Waals surface area contributed by atoms with Crippen molar-refractivity contribution in [2.45, 2.75) is 12.3 Å². The first kappa shape index (κ1) is 15.3. The summed E-state index contributed by atoms with van der Waals surface area (Å²) in [5.74, 6) is 2.52. The first-order chi connectivity index (χ1) is 11.1. The highest BCUT2D eigenvalue weighted by Gasteiger charge is 2.38. The molecule has 3 aromatic rings. The topological polar surface area (TPSA) is 41.6 Å². The van der Waals surface area contributed by atoms with Crippen LogP contribution in [0.25, 0.3) is 0 Å². The van der Waals surface area contributed by atoms with E-state index >= 15 is 0 Å². The first-order valence-corrected chi connectivity index (χ1v) is 7.32. The Labute approximate surface area is 138 Å². The molecule has 5 heteroatoms. The molecule has 1 N–H and O–H groups in total. The van der Waals surface area contributed by atoms with Gasteiger partial charge in [-0.25, -0.2) is 14.4 Å². The van der Waals surface area contributed by atoms with Gasteiger partial charge in [-0.15, -0.1) is 6.42 Å². The fraction of sp³-hybridized carbons (Fsp3) is 0.111. The van der Waals surface area contributed by atoms with Gasteiger partial charge in [0.25, 0.3) is 0 Å². The average molecular weight is 326 g/mol. The SMILES string of the molecule is C#CC(c1ccc(F)cc1)(c1ccnc(Cl)c1)c1nc[nH]c1C. The van der Waals surface area contributed by atoms with E-state index in [-0.39, 0.29) is 5.82 Å². The van der Waals surface area contributed by atoms with Crippen molar-refractivity contribution in [3.63, 3.8) is 0 Å². The molecule has 2 aromatic heterocycles. The van der Waals surface area contributed by atoms with E-state index in [2.05, 4.69) is 20.9 Å². The maximum Gasteiger partial charge on any atom is 0.129 e. The first-order valence-electron chi connectivity index (χ1n) is 6.94. The highest BCUT2D eigenvalue weighted by atomic mass is 35.5. The molecular formula is C18H13ClFN3. The number of terminal acetylenes is 1. The van der Waals surface area contributed by atoms with E-state index in [9.17, 15) is 4.39 Å². The largest absolute Gasteiger partial charge is 0.348 e. The van der Waals surface area contributed by atoms with E-state index in [0.29, 0.717) is 10.8 Å².